The smallest absolute Gasteiger partial charge is 0.341 e. The van der Waals surface area contributed by atoms with Crippen molar-refractivity contribution in [2.75, 3.05) is 26.1 Å². The van der Waals surface area contributed by atoms with Crippen LogP contribution in [0.5, 0.6) is 17.2 Å². The molecule has 164 valence electrons. The molecule has 0 aromatic heterocycles. The third-order valence-corrected chi connectivity index (χ3v) is 6.09. The quantitative estimate of drug-likeness (QED) is 0.334. The number of anilines is 1. The Morgan fingerprint density at radius 1 is 1.26 bits per heavy atom. The lowest BCUT2D eigenvalue weighted by Gasteiger charge is -2.16. The molecule has 1 aliphatic rings. The Kier molecular flexibility index (Phi) is 7.55. The van der Waals surface area contributed by atoms with Crippen LogP contribution in [0.2, 0.25) is 0 Å². The van der Waals surface area contributed by atoms with E-state index in [1.54, 1.807) is 25.3 Å². The number of carboxylic acids is 1. The highest BCUT2D eigenvalue weighted by atomic mass is 127. The molecule has 1 unspecified atom stereocenters. The van der Waals surface area contributed by atoms with Gasteiger partial charge in [-0.3, -0.25) is 4.79 Å². The summed E-state index contributed by atoms with van der Waals surface area (Å²) in [5.74, 6) is 0.153. The minimum atomic E-state index is -1.08. The van der Waals surface area contributed by atoms with Crippen LogP contribution < -0.4 is 24.8 Å². The number of rotatable bonds is 8. The summed E-state index contributed by atoms with van der Waals surface area (Å²) in [7, 11) is 3.07. The van der Waals surface area contributed by atoms with Gasteiger partial charge in [-0.25, -0.2) is 4.79 Å². The number of carboxylic acid groups (broad SMARTS) is 1. The number of carbonyl (C=O) groups is 2. The van der Waals surface area contributed by atoms with Crippen molar-refractivity contribution >= 4 is 58.0 Å². The highest BCUT2D eigenvalue weighted by molar-refractivity contribution is 14.1. The normalized spacial score (nSPS) is 16.7. The van der Waals surface area contributed by atoms with Gasteiger partial charge < -0.3 is 30.0 Å². The van der Waals surface area contributed by atoms with Crippen LogP contribution in [0.25, 0.3) is 6.08 Å². The van der Waals surface area contributed by atoms with Crippen LogP contribution in [0.1, 0.15) is 11.1 Å². The summed E-state index contributed by atoms with van der Waals surface area (Å²) in [6.45, 7) is 1.51. The molecular weight excluding hydrogens is 535 g/mol. The number of aliphatic carboxylic acids is 1. The average Bonchev–Trinajstić information content (AvgIpc) is 3.05. The molecule has 0 saturated carbocycles. The topological polar surface area (TPSA) is 106 Å². The molecule has 1 saturated heterocycles. The Bertz CT molecular complexity index is 1040. The number of hydrogen-bond acceptors (Lipinski definition) is 7. The maximum Gasteiger partial charge on any atom is 0.341 e. The molecule has 0 aliphatic carbocycles. The van der Waals surface area contributed by atoms with Crippen LogP contribution in [0.3, 0.4) is 0 Å². The zero-order valence-electron chi connectivity index (χ0n) is 17.0. The minimum absolute atomic E-state index is 0.200. The van der Waals surface area contributed by atoms with Gasteiger partial charge >= 0.3 is 5.97 Å². The molecule has 2 aromatic rings. The van der Waals surface area contributed by atoms with Crippen molar-refractivity contribution in [2.45, 2.75) is 12.4 Å². The third-order valence-electron chi connectivity index (χ3n) is 4.26. The predicted molar refractivity (Wildman–Crippen MR) is 128 cm³/mol. The predicted octanol–water partition coefficient (Wildman–Crippen LogP) is 3.68. The Hall–Kier alpha value is -2.60. The fourth-order valence-corrected chi connectivity index (χ4v) is 4.65. The van der Waals surface area contributed by atoms with Crippen molar-refractivity contribution in [2.24, 2.45) is 0 Å². The lowest BCUT2D eigenvalue weighted by molar-refractivity contribution is -0.139. The molecule has 2 aromatic carbocycles. The van der Waals surface area contributed by atoms with Gasteiger partial charge in [-0.1, -0.05) is 17.8 Å². The summed E-state index contributed by atoms with van der Waals surface area (Å²) < 4.78 is 16.7. The molecule has 1 heterocycles. The molecule has 0 bridgehead atoms. The van der Waals surface area contributed by atoms with Crippen LogP contribution in [0, 0.1) is 10.5 Å². The number of carbonyl (C=O) groups excluding carboxylic acids is 1. The lowest BCUT2D eigenvalue weighted by atomic mass is 10.2. The number of thioether (sulfide) groups is 1. The molecular formula is C21H21IN2O6S. The van der Waals surface area contributed by atoms with Gasteiger partial charge in [0.2, 0.25) is 0 Å². The van der Waals surface area contributed by atoms with E-state index in [4.69, 9.17) is 19.3 Å². The Morgan fingerprint density at radius 3 is 2.68 bits per heavy atom. The van der Waals surface area contributed by atoms with Gasteiger partial charge in [-0.15, -0.1) is 0 Å². The van der Waals surface area contributed by atoms with Gasteiger partial charge in [0.1, 0.15) is 5.75 Å². The van der Waals surface area contributed by atoms with Crippen LogP contribution >= 0.6 is 34.4 Å². The van der Waals surface area contributed by atoms with Crippen LogP contribution in [-0.4, -0.2) is 43.3 Å². The van der Waals surface area contributed by atoms with Gasteiger partial charge in [0.05, 0.1) is 28.4 Å². The van der Waals surface area contributed by atoms with Crippen molar-refractivity contribution in [1.29, 1.82) is 0 Å². The van der Waals surface area contributed by atoms with Gasteiger partial charge in [0.25, 0.3) is 5.91 Å². The van der Waals surface area contributed by atoms with Crippen molar-refractivity contribution in [3.05, 3.63) is 49.9 Å². The maximum absolute atomic E-state index is 12.5. The Labute approximate surface area is 197 Å². The van der Waals surface area contributed by atoms with Crippen molar-refractivity contribution in [3.63, 3.8) is 0 Å². The number of hydrogen-bond donors (Lipinski definition) is 3. The fraction of sp³-hybridized carbons (Fsp3) is 0.238. The highest BCUT2D eigenvalue weighted by Crippen LogP contribution is 2.37. The first-order chi connectivity index (χ1) is 14.8. The number of benzene rings is 2. The van der Waals surface area contributed by atoms with E-state index in [9.17, 15) is 9.59 Å². The van der Waals surface area contributed by atoms with Crippen LogP contribution in [-0.2, 0) is 9.59 Å². The van der Waals surface area contributed by atoms with E-state index in [0.29, 0.717) is 25.7 Å². The highest BCUT2D eigenvalue weighted by Gasteiger charge is 2.28. The summed E-state index contributed by atoms with van der Waals surface area (Å²) in [5.41, 5.74) is 2.24. The van der Waals surface area contributed by atoms with E-state index in [1.165, 1.54) is 18.9 Å². The van der Waals surface area contributed by atoms with Crippen molar-refractivity contribution in [1.82, 2.24) is 5.32 Å². The zero-order chi connectivity index (χ0) is 22.5. The SMILES string of the molecule is COc1ccc(C)cc1NC1NC(=O)/C(=C/c2cc(I)c(OCC(=O)O)c(OC)c2)S1. The molecule has 31 heavy (non-hydrogen) atoms. The van der Waals surface area contributed by atoms with E-state index < -0.39 is 12.6 Å². The number of methoxy groups -OCH3 is 2. The average molecular weight is 556 g/mol. The van der Waals surface area contributed by atoms with Crippen molar-refractivity contribution in [3.8, 4) is 17.2 Å². The summed E-state index contributed by atoms with van der Waals surface area (Å²) in [6, 6.07) is 9.28. The molecule has 10 heteroatoms. The summed E-state index contributed by atoms with van der Waals surface area (Å²) >= 11 is 3.40. The number of aryl methyl sites for hydroxylation is 1. The number of halogens is 1. The standard InChI is InChI=1S/C21H21IN2O6S/c1-11-4-5-15(28-2)14(6-11)23-21-24-20(27)17(31-21)9-12-7-13(22)19(16(8-12)29-3)30-10-18(25)26/h4-9,21,23H,10H2,1-3H3,(H,24,27)(H,25,26)/b17-9-. The monoisotopic (exact) mass is 556 g/mol. The van der Waals surface area contributed by atoms with Crippen LogP contribution in [0.15, 0.2) is 35.2 Å². The number of amides is 1. The number of nitrogens with one attached hydrogen (secondary N) is 2. The van der Waals surface area contributed by atoms with Gasteiger partial charge in [-0.2, -0.15) is 0 Å². The first kappa shape index (κ1) is 23.1. The van der Waals surface area contributed by atoms with Gasteiger partial charge in [0, 0.05) is 0 Å². The lowest BCUT2D eigenvalue weighted by Crippen LogP contribution is -2.31. The largest absolute Gasteiger partial charge is 0.495 e. The molecule has 1 atom stereocenters. The summed E-state index contributed by atoms with van der Waals surface area (Å²) in [4.78, 5) is 23.8. The van der Waals surface area contributed by atoms with Crippen LogP contribution in [0.4, 0.5) is 5.69 Å². The second kappa shape index (κ2) is 10.1. The molecule has 3 N–H and O–H groups in total. The molecule has 1 amide bonds. The van der Waals surface area contributed by atoms with Gasteiger partial charge in [0.15, 0.2) is 23.6 Å². The minimum Gasteiger partial charge on any atom is -0.495 e. The molecule has 0 spiro atoms. The molecule has 1 fully saturated rings. The molecule has 0 radical (unpaired) electrons. The molecule has 3 rings (SSSR count). The van der Waals surface area contributed by atoms with E-state index >= 15 is 0 Å². The van der Waals surface area contributed by atoms with E-state index in [-0.39, 0.29) is 11.4 Å². The molecule has 1 aliphatic heterocycles. The van der Waals surface area contributed by atoms with Gasteiger partial charge in [-0.05, 0) is 71.0 Å². The first-order valence-corrected chi connectivity index (χ1v) is 11.1. The van der Waals surface area contributed by atoms with E-state index in [2.05, 4.69) is 10.6 Å². The maximum atomic E-state index is 12.5. The zero-order valence-corrected chi connectivity index (χ0v) is 20.0. The second-order valence-electron chi connectivity index (χ2n) is 6.54. The summed E-state index contributed by atoms with van der Waals surface area (Å²) in [6.07, 6.45) is 1.75. The third kappa shape index (κ3) is 5.76. The number of ether oxygens (including phenoxy) is 3. The second-order valence-corrected chi connectivity index (χ2v) is 8.85. The Balaban J connectivity index is 1.80. The fourth-order valence-electron chi connectivity index (χ4n) is 2.89. The van der Waals surface area contributed by atoms with E-state index in [0.717, 1.165) is 16.8 Å². The van der Waals surface area contributed by atoms with Crippen molar-refractivity contribution < 1.29 is 28.9 Å². The Morgan fingerprint density at radius 2 is 2.00 bits per heavy atom. The van der Waals surface area contributed by atoms with E-state index in [1.807, 2.05) is 47.7 Å². The summed E-state index contributed by atoms with van der Waals surface area (Å²) in [5, 5.41) is 15.0. The molecule has 8 nitrogen and oxygen atoms in total. The first-order valence-electron chi connectivity index (χ1n) is 9.13.